The van der Waals surface area contributed by atoms with Gasteiger partial charge >= 0.3 is 0 Å². The van der Waals surface area contributed by atoms with Gasteiger partial charge in [-0.15, -0.1) is 11.8 Å². The van der Waals surface area contributed by atoms with E-state index in [9.17, 15) is 21.6 Å². The van der Waals surface area contributed by atoms with Gasteiger partial charge in [-0.3, -0.25) is 0 Å². The zero-order valence-corrected chi connectivity index (χ0v) is 13.4. The van der Waals surface area contributed by atoms with Crippen molar-refractivity contribution in [1.29, 1.82) is 0 Å². The van der Waals surface area contributed by atoms with Crippen LogP contribution in [0.1, 0.15) is 18.0 Å². The Morgan fingerprint density at radius 2 is 1.74 bits per heavy atom. The summed E-state index contributed by atoms with van der Waals surface area (Å²) in [5.74, 6) is -1.73. The molecule has 2 aromatic rings. The van der Waals surface area contributed by atoms with Gasteiger partial charge in [-0.25, -0.2) is 26.3 Å². The van der Waals surface area contributed by atoms with Gasteiger partial charge in [0.25, 0.3) is 0 Å². The average molecular weight is 359 g/mol. The predicted molar refractivity (Wildman–Crippen MR) is 81.2 cm³/mol. The van der Waals surface area contributed by atoms with E-state index in [0.717, 1.165) is 17.0 Å². The summed E-state index contributed by atoms with van der Waals surface area (Å²) >= 11 is 1.49. The van der Waals surface area contributed by atoms with E-state index in [0.29, 0.717) is 23.8 Å². The lowest BCUT2D eigenvalue weighted by atomic mass is 10.0. The van der Waals surface area contributed by atoms with Gasteiger partial charge in [-0.1, -0.05) is 0 Å². The van der Waals surface area contributed by atoms with Crippen molar-refractivity contribution in [3.8, 4) is 0 Å². The Balaban J connectivity index is 1.96. The molecule has 3 rings (SSSR count). The molecule has 1 N–H and O–H groups in total. The maximum absolute atomic E-state index is 13.7. The molecule has 1 atom stereocenters. The summed E-state index contributed by atoms with van der Waals surface area (Å²) in [6, 6.07) is 5.69. The fourth-order valence-corrected chi connectivity index (χ4v) is 4.87. The molecular weight excluding hydrogens is 347 g/mol. The molecule has 1 aliphatic rings. The predicted octanol–water partition coefficient (Wildman–Crippen LogP) is 3.62. The van der Waals surface area contributed by atoms with Crippen molar-refractivity contribution in [2.24, 2.45) is 0 Å². The zero-order valence-electron chi connectivity index (χ0n) is 11.7. The second-order valence-corrected chi connectivity index (χ2v) is 7.89. The molecule has 2 aromatic carbocycles. The lowest BCUT2D eigenvalue weighted by Crippen LogP contribution is -2.31. The van der Waals surface area contributed by atoms with Crippen LogP contribution in [0.25, 0.3) is 0 Å². The van der Waals surface area contributed by atoms with Gasteiger partial charge < -0.3 is 0 Å². The van der Waals surface area contributed by atoms with Gasteiger partial charge in [0.2, 0.25) is 10.0 Å². The summed E-state index contributed by atoms with van der Waals surface area (Å²) in [6.07, 6.45) is 0.428. The monoisotopic (exact) mass is 359 g/mol. The Hall–Kier alpha value is -1.51. The minimum absolute atomic E-state index is 0.428. The van der Waals surface area contributed by atoms with E-state index in [4.69, 9.17) is 0 Å². The summed E-state index contributed by atoms with van der Waals surface area (Å²) in [6.45, 7) is 0. The second kappa shape index (κ2) is 6.18. The Morgan fingerprint density at radius 1 is 1.04 bits per heavy atom. The molecule has 0 fully saturated rings. The van der Waals surface area contributed by atoms with Crippen LogP contribution in [0.2, 0.25) is 0 Å². The third-order valence-electron chi connectivity index (χ3n) is 3.49. The summed E-state index contributed by atoms with van der Waals surface area (Å²) in [5, 5.41) is 0. The van der Waals surface area contributed by atoms with Crippen molar-refractivity contribution in [2.75, 3.05) is 5.75 Å². The molecule has 0 bridgehead atoms. The molecule has 3 nitrogen and oxygen atoms in total. The third kappa shape index (κ3) is 3.39. The fourth-order valence-electron chi connectivity index (χ4n) is 2.42. The Bertz CT molecular complexity index is 856. The van der Waals surface area contributed by atoms with Crippen LogP contribution < -0.4 is 4.72 Å². The van der Waals surface area contributed by atoms with E-state index in [1.54, 1.807) is 6.07 Å². The number of hydrogen-bond acceptors (Lipinski definition) is 3. The van der Waals surface area contributed by atoms with Gasteiger partial charge in [0.05, 0.1) is 0 Å². The number of sulfonamides is 1. The first-order chi connectivity index (χ1) is 10.9. The number of fused-ring (bicyclic) bond motifs is 1. The maximum atomic E-state index is 13.7. The second-order valence-electron chi connectivity index (χ2n) is 5.07. The summed E-state index contributed by atoms with van der Waals surface area (Å²) < 4.78 is 67.5. The molecule has 0 saturated carbocycles. The Labute approximate surface area is 136 Å². The molecule has 8 heteroatoms. The minimum atomic E-state index is -4.27. The SMILES string of the molecule is O=S(=O)(N[C@@H]1CCSc2ccc(F)cc21)c1cc(F)ccc1F. The number of thioether (sulfide) groups is 1. The first-order valence-corrected chi connectivity index (χ1v) is 9.23. The van der Waals surface area contributed by atoms with Gasteiger partial charge in [-0.05, 0) is 54.1 Å². The molecule has 0 aromatic heterocycles. The summed E-state index contributed by atoms with van der Waals surface area (Å²) in [4.78, 5) is 0.0127. The average Bonchev–Trinajstić information content (AvgIpc) is 2.50. The normalized spacial score (nSPS) is 17.8. The lowest BCUT2D eigenvalue weighted by molar-refractivity contribution is 0.524. The number of hydrogen-bond donors (Lipinski definition) is 1. The largest absolute Gasteiger partial charge is 0.244 e. The van der Waals surface area contributed by atoms with Crippen LogP contribution in [0, 0.1) is 17.5 Å². The topological polar surface area (TPSA) is 46.2 Å². The number of benzene rings is 2. The Kier molecular flexibility index (Phi) is 4.39. The molecule has 23 heavy (non-hydrogen) atoms. The van der Waals surface area contributed by atoms with Crippen LogP contribution in [0.15, 0.2) is 46.2 Å². The molecule has 0 aliphatic carbocycles. The van der Waals surface area contributed by atoms with E-state index < -0.39 is 38.4 Å². The summed E-state index contributed by atoms with van der Waals surface area (Å²) in [7, 11) is -4.27. The van der Waals surface area contributed by atoms with Crippen LogP contribution in [0.3, 0.4) is 0 Å². The smallest absolute Gasteiger partial charge is 0.207 e. The highest BCUT2D eigenvalue weighted by atomic mass is 32.2. The number of halogens is 3. The Morgan fingerprint density at radius 3 is 2.52 bits per heavy atom. The van der Waals surface area contributed by atoms with E-state index in [1.165, 1.54) is 23.9 Å². The van der Waals surface area contributed by atoms with Gasteiger partial charge in [0, 0.05) is 10.9 Å². The maximum Gasteiger partial charge on any atom is 0.244 e. The fraction of sp³-hybridized carbons (Fsp3) is 0.200. The van der Waals surface area contributed by atoms with Gasteiger partial charge in [0.1, 0.15) is 22.3 Å². The van der Waals surface area contributed by atoms with Crippen molar-refractivity contribution in [3.63, 3.8) is 0 Å². The quantitative estimate of drug-likeness (QED) is 0.911. The number of rotatable bonds is 3. The molecular formula is C15H12F3NO2S2. The van der Waals surface area contributed by atoms with Crippen LogP contribution in [-0.2, 0) is 10.0 Å². The van der Waals surface area contributed by atoms with E-state index in [1.807, 2.05) is 0 Å². The van der Waals surface area contributed by atoms with Crippen LogP contribution in [-0.4, -0.2) is 14.2 Å². The standard InChI is InChI=1S/C15H12F3NO2S2/c16-9-2-4-14-11(7-9)13(5-6-22-14)19-23(20,21)15-8-10(17)1-3-12(15)18/h1-4,7-8,13,19H,5-6H2/t13-/m1/s1. The molecule has 1 heterocycles. The van der Waals surface area contributed by atoms with Gasteiger partial charge in [0.15, 0.2) is 0 Å². The van der Waals surface area contributed by atoms with E-state index >= 15 is 0 Å². The molecule has 0 amide bonds. The van der Waals surface area contributed by atoms with Crippen LogP contribution in [0.5, 0.6) is 0 Å². The molecule has 0 radical (unpaired) electrons. The highest BCUT2D eigenvalue weighted by Crippen LogP contribution is 2.37. The highest BCUT2D eigenvalue weighted by Gasteiger charge is 2.28. The van der Waals surface area contributed by atoms with E-state index in [-0.39, 0.29) is 0 Å². The highest BCUT2D eigenvalue weighted by molar-refractivity contribution is 7.99. The first kappa shape index (κ1) is 16.4. The van der Waals surface area contributed by atoms with Crippen molar-refractivity contribution in [2.45, 2.75) is 22.3 Å². The molecule has 0 unspecified atom stereocenters. The molecule has 0 saturated heterocycles. The van der Waals surface area contributed by atoms with E-state index in [2.05, 4.69) is 4.72 Å². The van der Waals surface area contributed by atoms with Crippen molar-refractivity contribution in [3.05, 3.63) is 59.4 Å². The molecule has 122 valence electrons. The molecule has 1 aliphatic heterocycles. The van der Waals surface area contributed by atoms with Crippen molar-refractivity contribution >= 4 is 21.8 Å². The van der Waals surface area contributed by atoms with Crippen LogP contribution in [0.4, 0.5) is 13.2 Å². The minimum Gasteiger partial charge on any atom is -0.207 e. The number of nitrogens with one attached hydrogen (secondary N) is 1. The van der Waals surface area contributed by atoms with Gasteiger partial charge in [-0.2, -0.15) is 0 Å². The summed E-state index contributed by atoms with van der Waals surface area (Å²) in [5.41, 5.74) is 0.502. The third-order valence-corrected chi connectivity index (χ3v) is 6.10. The molecule has 0 spiro atoms. The van der Waals surface area contributed by atoms with Crippen LogP contribution >= 0.6 is 11.8 Å². The first-order valence-electron chi connectivity index (χ1n) is 6.76. The lowest BCUT2D eigenvalue weighted by Gasteiger charge is -2.25. The van der Waals surface area contributed by atoms with Crippen molar-refractivity contribution < 1.29 is 21.6 Å². The zero-order chi connectivity index (χ0) is 16.6. The van der Waals surface area contributed by atoms with Crippen molar-refractivity contribution in [1.82, 2.24) is 4.72 Å².